The molecule has 0 saturated carbocycles. The molecular weight excluding hydrogens is 268 g/mol. The molecule has 12 heteroatoms. The normalized spacial score (nSPS) is 3.43. The van der Waals surface area contributed by atoms with Gasteiger partial charge in [0.2, 0.25) is 0 Å². The summed E-state index contributed by atoms with van der Waals surface area (Å²) >= 11 is 0. The molecule has 0 amide bonds. The predicted octanol–water partition coefficient (Wildman–Crippen LogP) is -2.86. The largest absolute Gasteiger partial charge is 2.00 e. The zero-order valence-electron chi connectivity index (χ0n) is 12.7. The second-order valence-electron chi connectivity index (χ2n) is 0.565. The number of carboxylic acid groups (broad SMARTS) is 4. The first kappa shape index (κ1) is 56.9. The van der Waals surface area contributed by atoms with Crippen molar-refractivity contribution in [1.82, 2.24) is 0 Å². The predicted molar refractivity (Wildman–Crippen MR) is 62.4 cm³/mol. The maximum atomic E-state index is 8.56. The average Bonchev–Trinajstić information content (AvgIpc) is 1.25. The van der Waals surface area contributed by atoms with E-state index in [0.29, 0.717) is 0 Å². The van der Waals surface area contributed by atoms with Gasteiger partial charge in [-0.05, 0) is 0 Å². The SMILES string of the molecule is O.O.O=C(O)O.O=C(O)O.[AlH3].[Ca+2].[H-].[H-].[H-].[H-].[H-].[H-].[Mg+2].[Mg+2]. The Labute approximate surface area is 161 Å². The summed E-state index contributed by atoms with van der Waals surface area (Å²) in [5.74, 6) is 0. The summed E-state index contributed by atoms with van der Waals surface area (Å²) in [5.41, 5.74) is 0. The zero-order valence-corrected chi connectivity index (χ0v) is 11.8. The second-order valence-corrected chi connectivity index (χ2v) is 0.565. The van der Waals surface area contributed by atoms with Crippen molar-refractivity contribution in [3.8, 4) is 0 Å². The summed E-state index contributed by atoms with van der Waals surface area (Å²) in [6, 6.07) is 0. The third-order valence-electron chi connectivity index (χ3n) is 0. The van der Waals surface area contributed by atoms with Crippen molar-refractivity contribution in [2.45, 2.75) is 0 Å². The van der Waals surface area contributed by atoms with Gasteiger partial charge in [-0.3, -0.25) is 0 Å². The fraction of sp³-hybridized carbons (Fsp3) is 0. The van der Waals surface area contributed by atoms with E-state index in [1.54, 1.807) is 0 Å². The Morgan fingerprint density at radius 1 is 0.786 bits per heavy atom. The van der Waals surface area contributed by atoms with Crippen molar-refractivity contribution in [2.24, 2.45) is 0 Å². The van der Waals surface area contributed by atoms with Crippen molar-refractivity contribution >= 4 is 114 Å². The van der Waals surface area contributed by atoms with E-state index in [1.807, 2.05) is 0 Å². The molecular formula is C2H17AlCaMg2O8. The Balaban J connectivity index is -0.00000000187. The van der Waals surface area contributed by atoms with E-state index in [0.717, 1.165) is 0 Å². The molecule has 0 aliphatic heterocycles. The molecule has 0 aromatic rings. The molecule has 0 atom stereocenters. The number of carbonyl (C=O) groups is 2. The summed E-state index contributed by atoms with van der Waals surface area (Å²) < 4.78 is 0. The molecule has 0 aliphatic rings. The standard InChI is InChI=1S/2CH2O3.Al.Ca.2Mg.2H2O.9H/c2*2-1(3)4;;;;;;;;;;;;;;;/h2*(H2,2,3,4);;;;;2*1H2;;;;;;;;;/q;;;3*+2;;;;;;6*-1. The maximum Gasteiger partial charge on any atom is 2.00 e. The molecule has 0 radical (unpaired) electrons. The van der Waals surface area contributed by atoms with Crippen LogP contribution in [-0.2, 0) is 0 Å². The monoisotopic (exact) mass is 284 g/mol. The molecule has 0 spiro atoms. The van der Waals surface area contributed by atoms with Gasteiger partial charge in [0.1, 0.15) is 0 Å². The second kappa shape index (κ2) is 46.4. The summed E-state index contributed by atoms with van der Waals surface area (Å²) in [4.78, 5) is 17.1. The number of hydrogen-bond acceptors (Lipinski definition) is 2. The summed E-state index contributed by atoms with van der Waals surface area (Å²) in [6.07, 6.45) is -3.67. The quantitative estimate of drug-likeness (QED) is 0.347. The number of hydrogen-bond donors (Lipinski definition) is 4. The van der Waals surface area contributed by atoms with Gasteiger partial charge in [-0.1, -0.05) is 0 Å². The fourth-order valence-electron chi connectivity index (χ4n) is 0. The van der Waals surface area contributed by atoms with Crippen LogP contribution in [0.3, 0.4) is 0 Å². The van der Waals surface area contributed by atoms with Gasteiger partial charge in [0.05, 0.1) is 0 Å². The first-order chi connectivity index (χ1) is 3.46. The molecule has 0 bridgehead atoms. The van der Waals surface area contributed by atoms with E-state index in [1.165, 1.54) is 0 Å². The average molecular weight is 285 g/mol. The third-order valence-corrected chi connectivity index (χ3v) is 0. The van der Waals surface area contributed by atoms with Crippen LogP contribution in [0.4, 0.5) is 9.59 Å². The Hall–Kier alpha value is 1.78. The van der Waals surface area contributed by atoms with E-state index in [4.69, 9.17) is 30.0 Å². The Morgan fingerprint density at radius 2 is 0.786 bits per heavy atom. The smallest absolute Gasteiger partial charge is 1.00 e. The molecule has 8 nitrogen and oxygen atoms in total. The van der Waals surface area contributed by atoms with Crippen LogP contribution in [-0.4, -0.2) is 145 Å². The minimum atomic E-state index is -1.83. The maximum absolute atomic E-state index is 8.56. The van der Waals surface area contributed by atoms with Crippen molar-refractivity contribution in [1.29, 1.82) is 0 Å². The minimum Gasteiger partial charge on any atom is -1.00 e. The van der Waals surface area contributed by atoms with Crippen LogP contribution in [0.15, 0.2) is 0 Å². The van der Waals surface area contributed by atoms with Crippen LogP contribution in [0, 0.1) is 0 Å². The molecule has 0 heterocycles. The molecule has 82 valence electrons. The first-order valence-electron chi connectivity index (χ1n) is 1.30. The van der Waals surface area contributed by atoms with Crippen molar-refractivity contribution in [3.05, 3.63) is 0 Å². The van der Waals surface area contributed by atoms with Gasteiger partial charge in [-0.15, -0.1) is 0 Å². The molecule has 0 saturated heterocycles. The fourth-order valence-corrected chi connectivity index (χ4v) is 0. The van der Waals surface area contributed by atoms with Gasteiger partial charge in [0, 0.05) is 0 Å². The molecule has 8 N–H and O–H groups in total. The van der Waals surface area contributed by atoms with Crippen LogP contribution < -0.4 is 0 Å². The van der Waals surface area contributed by atoms with Crippen LogP contribution in [0.2, 0.25) is 0 Å². The van der Waals surface area contributed by atoms with Crippen LogP contribution in [0.25, 0.3) is 0 Å². The summed E-state index contributed by atoms with van der Waals surface area (Å²) in [7, 11) is 0. The minimum absolute atomic E-state index is 0. The van der Waals surface area contributed by atoms with Gasteiger partial charge < -0.3 is 39.9 Å². The van der Waals surface area contributed by atoms with E-state index < -0.39 is 12.3 Å². The van der Waals surface area contributed by atoms with Crippen molar-refractivity contribution in [3.63, 3.8) is 0 Å². The Bertz CT molecular complexity index is 101. The Morgan fingerprint density at radius 3 is 0.786 bits per heavy atom. The summed E-state index contributed by atoms with van der Waals surface area (Å²) in [5, 5.41) is 27.9. The van der Waals surface area contributed by atoms with Gasteiger partial charge in [-0.25, -0.2) is 9.59 Å². The van der Waals surface area contributed by atoms with Gasteiger partial charge >= 0.3 is 96.2 Å². The van der Waals surface area contributed by atoms with Gasteiger partial charge in [0.25, 0.3) is 0 Å². The van der Waals surface area contributed by atoms with Crippen LogP contribution >= 0.6 is 0 Å². The Kier molecular flexibility index (Phi) is 189. The topological polar surface area (TPSA) is 178 Å². The molecule has 0 rings (SSSR count). The van der Waals surface area contributed by atoms with Crippen molar-refractivity contribution < 1.29 is 49.5 Å². The van der Waals surface area contributed by atoms with E-state index >= 15 is 0 Å². The zero-order chi connectivity index (χ0) is 7.15. The molecule has 0 aliphatic carbocycles. The van der Waals surface area contributed by atoms with Gasteiger partial charge in [0.15, 0.2) is 17.4 Å². The molecule has 0 unspecified atom stereocenters. The van der Waals surface area contributed by atoms with E-state index in [2.05, 4.69) is 0 Å². The molecule has 0 fully saturated rings. The first-order valence-corrected chi connectivity index (χ1v) is 1.30. The third kappa shape index (κ3) is 707. The van der Waals surface area contributed by atoms with E-state index in [-0.39, 0.29) is 121 Å². The van der Waals surface area contributed by atoms with Crippen molar-refractivity contribution in [2.75, 3.05) is 0 Å². The van der Waals surface area contributed by atoms with Crippen LogP contribution in [0.5, 0.6) is 0 Å². The summed E-state index contributed by atoms with van der Waals surface area (Å²) in [6.45, 7) is 0. The molecule has 0 aromatic carbocycles. The van der Waals surface area contributed by atoms with Crippen LogP contribution in [0.1, 0.15) is 8.56 Å². The molecule has 14 heavy (non-hydrogen) atoms. The van der Waals surface area contributed by atoms with E-state index in [9.17, 15) is 0 Å². The number of rotatable bonds is 0. The van der Waals surface area contributed by atoms with Gasteiger partial charge in [-0.2, -0.15) is 0 Å². The molecule has 0 aromatic heterocycles.